The molecule has 1 saturated heterocycles. The molecule has 1 aromatic heterocycles. The van der Waals surface area contributed by atoms with Crippen molar-refractivity contribution in [3.05, 3.63) is 40.2 Å². The van der Waals surface area contributed by atoms with Crippen LogP contribution in [-0.2, 0) is 11.3 Å². The molecule has 0 amide bonds. The molecule has 31 heavy (non-hydrogen) atoms. The number of fused-ring (bicyclic) bond motifs is 1. The smallest absolute Gasteiger partial charge is 0.253 e. The van der Waals surface area contributed by atoms with Crippen molar-refractivity contribution in [2.45, 2.75) is 70.6 Å². The van der Waals surface area contributed by atoms with Crippen LogP contribution in [0, 0.1) is 0 Å². The largest absolute Gasteiger partial charge is 0.494 e. The van der Waals surface area contributed by atoms with E-state index in [1.54, 1.807) is 0 Å². The SMILES string of the molecule is CCOc1ccc2[nH]c(=O)c(CN(C[C@@H]3CCCO3)C(=S)NC3CCCCC3)cc2c1. The number of rotatable bonds is 7. The van der Waals surface area contributed by atoms with Crippen LogP contribution in [0.2, 0.25) is 0 Å². The molecule has 2 fully saturated rings. The number of ether oxygens (including phenoxy) is 2. The lowest BCUT2D eigenvalue weighted by molar-refractivity contribution is 0.0894. The average molecular weight is 444 g/mol. The van der Waals surface area contributed by atoms with Gasteiger partial charge >= 0.3 is 0 Å². The van der Waals surface area contributed by atoms with Gasteiger partial charge in [-0.3, -0.25) is 4.79 Å². The van der Waals surface area contributed by atoms with Crippen molar-refractivity contribution >= 4 is 28.2 Å². The van der Waals surface area contributed by atoms with Crippen LogP contribution in [-0.4, -0.2) is 46.9 Å². The molecule has 2 aliphatic rings. The Hall–Kier alpha value is -2.12. The topological polar surface area (TPSA) is 66.6 Å². The zero-order valence-electron chi connectivity index (χ0n) is 18.3. The van der Waals surface area contributed by atoms with Gasteiger partial charge in [0.1, 0.15) is 5.75 Å². The van der Waals surface area contributed by atoms with E-state index in [1.807, 2.05) is 31.2 Å². The molecule has 168 valence electrons. The maximum Gasteiger partial charge on any atom is 0.253 e. The number of aromatic amines is 1. The van der Waals surface area contributed by atoms with Gasteiger partial charge in [-0.15, -0.1) is 0 Å². The molecule has 0 unspecified atom stereocenters. The molecule has 1 aliphatic heterocycles. The molecule has 0 radical (unpaired) electrons. The lowest BCUT2D eigenvalue weighted by Gasteiger charge is -2.32. The highest BCUT2D eigenvalue weighted by molar-refractivity contribution is 7.80. The number of hydrogen-bond acceptors (Lipinski definition) is 4. The van der Waals surface area contributed by atoms with Gasteiger partial charge in [0.25, 0.3) is 5.56 Å². The van der Waals surface area contributed by atoms with Crippen molar-refractivity contribution < 1.29 is 9.47 Å². The lowest BCUT2D eigenvalue weighted by Crippen LogP contribution is -2.47. The van der Waals surface area contributed by atoms with Crippen molar-refractivity contribution in [2.24, 2.45) is 0 Å². The second-order valence-corrected chi connectivity index (χ2v) is 8.99. The molecule has 0 bridgehead atoms. The minimum absolute atomic E-state index is 0.0746. The predicted octanol–water partition coefficient (Wildman–Crippen LogP) is 4.12. The van der Waals surface area contributed by atoms with E-state index in [-0.39, 0.29) is 11.7 Å². The monoisotopic (exact) mass is 443 g/mol. The standard InChI is InChI=1S/C24H33N3O3S/c1-2-29-20-10-11-22-17(14-20)13-18(23(28)26-22)15-27(16-21-9-6-12-30-21)24(31)25-19-7-4-3-5-8-19/h10-11,13-14,19,21H,2-9,12,15-16H2,1H3,(H,25,31)(H,26,28)/t21-/m0/s1. The number of thiocarbonyl (C=S) groups is 1. The number of H-pyrrole nitrogens is 1. The molecule has 7 heteroatoms. The van der Waals surface area contributed by atoms with E-state index >= 15 is 0 Å². The molecule has 1 saturated carbocycles. The molecule has 1 atom stereocenters. The quantitative estimate of drug-likeness (QED) is 0.628. The summed E-state index contributed by atoms with van der Waals surface area (Å²) < 4.78 is 11.5. The molecule has 1 aromatic carbocycles. The molecule has 0 spiro atoms. The first-order valence-corrected chi connectivity index (χ1v) is 12.0. The summed E-state index contributed by atoms with van der Waals surface area (Å²) in [6.07, 6.45) is 8.40. The van der Waals surface area contributed by atoms with Gasteiger partial charge in [0.05, 0.1) is 19.3 Å². The van der Waals surface area contributed by atoms with E-state index in [0.717, 1.165) is 54.1 Å². The summed E-state index contributed by atoms with van der Waals surface area (Å²) in [6.45, 7) is 4.54. The van der Waals surface area contributed by atoms with Gasteiger partial charge < -0.3 is 24.7 Å². The average Bonchev–Trinajstić information content (AvgIpc) is 3.28. The van der Waals surface area contributed by atoms with Gasteiger partial charge in [0.2, 0.25) is 0 Å². The molecule has 6 nitrogen and oxygen atoms in total. The molecular formula is C24H33N3O3S. The van der Waals surface area contributed by atoms with Crippen LogP contribution in [0.3, 0.4) is 0 Å². The number of nitrogens with one attached hydrogen (secondary N) is 2. The fourth-order valence-corrected chi connectivity index (χ4v) is 4.88. The number of nitrogens with zero attached hydrogens (tertiary/aromatic N) is 1. The van der Waals surface area contributed by atoms with Crippen molar-refractivity contribution in [2.75, 3.05) is 19.8 Å². The Kier molecular flexibility index (Phi) is 7.45. The fraction of sp³-hybridized carbons (Fsp3) is 0.583. The second-order valence-electron chi connectivity index (χ2n) is 8.61. The summed E-state index contributed by atoms with van der Waals surface area (Å²) in [5.74, 6) is 0.804. The highest BCUT2D eigenvalue weighted by Gasteiger charge is 2.24. The van der Waals surface area contributed by atoms with Crippen molar-refractivity contribution in [1.29, 1.82) is 0 Å². The van der Waals surface area contributed by atoms with Gasteiger partial charge in [-0.1, -0.05) is 19.3 Å². The Labute approximate surface area is 189 Å². The normalized spacial score (nSPS) is 19.5. The fourth-order valence-electron chi connectivity index (χ4n) is 4.58. The zero-order valence-corrected chi connectivity index (χ0v) is 19.1. The minimum atomic E-state index is -0.0746. The van der Waals surface area contributed by atoms with Gasteiger partial charge in [-0.05, 0) is 69.1 Å². The van der Waals surface area contributed by atoms with Crippen molar-refractivity contribution in [3.63, 3.8) is 0 Å². The molecule has 4 rings (SSSR count). The van der Waals surface area contributed by atoms with Gasteiger partial charge in [0, 0.05) is 35.7 Å². The zero-order chi connectivity index (χ0) is 21.6. The van der Waals surface area contributed by atoms with Crippen LogP contribution >= 0.6 is 12.2 Å². The van der Waals surface area contributed by atoms with Gasteiger partial charge in [0.15, 0.2) is 5.11 Å². The summed E-state index contributed by atoms with van der Waals surface area (Å²) in [5, 5.41) is 5.25. The van der Waals surface area contributed by atoms with Crippen LogP contribution in [0.1, 0.15) is 57.4 Å². The van der Waals surface area contributed by atoms with Crippen LogP contribution < -0.4 is 15.6 Å². The third-order valence-corrected chi connectivity index (χ3v) is 6.61. The summed E-state index contributed by atoms with van der Waals surface area (Å²) in [4.78, 5) is 17.9. The van der Waals surface area contributed by atoms with Crippen LogP contribution in [0.25, 0.3) is 10.9 Å². The number of hydrogen-bond donors (Lipinski definition) is 2. The van der Waals surface area contributed by atoms with Gasteiger partial charge in [-0.25, -0.2) is 0 Å². The van der Waals surface area contributed by atoms with Crippen LogP contribution in [0.4, 0.5) is 0 Å². The highest BCUT2D eigenvalue weighted by Crippen LogP contribution is 2.21. The van der Waals surface area contributed by atoms with E-state index < -0.39 is 0 Å². The number of aromatic nitrogens is 1. The van der Waals surface area contributed by atoms with Crippen molar-refractivity contribution in [1.82, 2.24) is 15.2 Å². The molecule has 2 heterocycles. The molecule has 1 aliphatic carbocycles. The van der Waals surface area contributed by atoms with Crippen molar-refractivity contribution in [3.8, 4) is 5.75 Å². The van der Waals surface area contributed by atoms with E-state index in [4.69, 9.17) is 21.7 Å². The van der Waals surface area contributed by atoms with Crippen LogP contribution in [0.15, 0.2) is 29.1 Å². The first-order valence-electron chi connectivity index (χ1n) is 11.6. The summed E-state index contributed by atoms with van der Waals surface area (Å²) in [5.41, 5.74) is 1.44. The Bertz CT molecular complexity index is 949. The van der Waals surface area contributed by atoms with E-state index in [0.29, 0.717) is 31.3 Å². The Morgan fingerprint density at radius 3 is 2.81 bits per heavy atom. The Morgan fingerprint density at radius 2 is 2.06 bits per heavy atom. The number of pyridine rings is 1. The highest BCUT2D eigenvalue weighted by atomic mass is 32.1. The molecule has 2 N–H and O–H groups in total. The first-order chi connectivity index (χ1) is 15.1. The van der Waals surface area contributed by atoms with E-state index in [2.05, 4.69) is 15.2 Å². The molecule has 2 aromatic rings. The molecular weight excluding hydrogens is 410 g/mol. The maximum absolute atomic E-state index is 12.8. The maximum atomic E-state index is 12.8. The third-order valence-electron chi connectivity index (χ3n) is 6.23. The minimum Gasteiger partial charge on any atom is -0.494 e. The Morgan fingerprint density at radius 1 is 1.23 bits per heavy atom. The van der Waals surface area contributed by atoms with Gasteiger partial charge in [-0.2, -0.15) is 0 Å². The third kappa shape index (κ3) is 5.77. The summed E-state index contributed by atoms with van der Waals surface area (Å²) >= 11 is 5.81. The van der Waals surface area contributed by atoms with Crippen LogP contribution in [0.5, 0.6) is 5.75 Å². The number of benzene rings is 1. The summed E-state index contributed by atoms with van der Waals surface area (Å²) in [6, 6.07) is 8.14. The Balaban J connectivity index is 1.55. The van der Waals surface area contributed by atoms with E-state index in [1.165, 1.54) is 19.3 Å². The predicted molar refractivity (Wildman–Crippen MR) is 128 cm³/mol. The summed E-state index contributed by atoms with van der Waals surface area (Å²) in [7, 11) is 0. The second kappa shape index (κ2) is 10.5. The lowest BCUT2D eigenvalue weighted by atomic mass is 9.96. The van der Waals surface area contributed by atoms with E-state index in [9.17, 15) is 4.79 Å². The first kappa shape index (κ1) is 22.1.